The number of aromatic amines is 1. The van der Waals surface area contributed by atoms with E-state index in [1.165, 1.54) is 16.6 Å². The van der Waals surface area contributed by atoms with Crippen molar-refractivity contribution in [2.24, 2.45) is 10.7 Å². The lowest BCUT2D eigenvalue weighted by atomic mass is 10.1. The van der Waals surface area contributed by atoms with Crippen molar-refractivity contribution >= 4 is 10.9 Å². The van der Waals surface area contributed by atoms with E-state index < -0.39 is 0 Å². The number of rotatable bonds is 2. The minimum Gasteiger partial charge on any atom is -0.357 e. The maximum absolute atomic E-state index is 5.64. The van der Waals surface area contributed by atoms with Crippen LogP contribution in [0.4, 0.5) is 0 Å². The second-order valence-electron chi connectivity index (χ2n) is 3.88. The molecule has 0 saturated carbocycles. The molecule has 0 amide bonds. The Balaban J connectivity index is 2.86. The fourth-order valence-corrected chi connectivity index (χ4v) is 2.10. The Morgan fingerprint density at radius 3 is 2.75 bits per heavy atom. The Labute approximate surface area is 95.0 Å². The number of hydrogen-bond acceptors (Lipinski definition) is 2. The molecule has 2 rings (SSSR count). The van der Waals surface area contributed by atoms with Crippen LogP contribution < -0.4 is 11.1 Å². The molecule has 3 heteroatoms. The summed E-state index contributed by atoms with van der Waals surface area (Å²) in [5.74, 6) is 0. The fourth-order valence-electron chi connectivity index (χ4n) is 2.10. The average Bonchev–Trinajstić information content (AvgIpc) is 2.49. The van der Waals surface area contributed by atoms with Crippen molar-refractivity contribution < 1.29 is 0 Å². The molecule has 3 N–H and O–H groups in total. The highest BCUT2D eigenvalue weighted by molar-refractivity contribution is 5.83. The monoisotopic (exact) mass is 215 g/mol. The lowest BCUT2D eigenvalue weighted by Gasteiger charge is -1.96. The summed E-state index contributed by atoms with van der Waals surface area (Å²) in [5.41, 5.74) is 9.24. The van der Waals surface area contributed by atoms with E-state index >= 15 is 0 Å². The van der Waals surface area contributed by atoms with E-state index in [1.54, 1.807) is 0 Å². The third-order valence-electron chi connectivity index (χ3n) is 2.88. The van der Waals surface area contributed by atoms with Crippen molar-refractivity contribution in [3.63, 3.8) is 0 Å². The maximum atomic E-state index is 5.64. The Hall–Kier alpha value is -1.61. The van der Waals surface area contributed by atoms with E-state index in [0.717, 1.165) is 17.3 Å². The van der Waals surface area contributed by atoms with Crippen LogP contribution >= 0.6 is 0 Å². The molecular weight excluding hydrogens is 198 g/mol. The van der Waals surface area contributed by atoms with E-state index in [1.807, 2.05) is 25.2 Å². The van der Waals surface area contributed by atoms with Crippen molar-refractivity contribution in [1.29, 1.82) is 0 Å². The number of aryl methyl sites for hydroxylation is 1. The molecule has 0 fully saturated rings. The molecule has 1 aromatic heterocycles. The molecule has 0 atom stereocenters. The third kappa shape index (κ3) is 1.74. The predicted octanol–water partition coefficient (Wildman–Crippen LogP) is 1.51. The van der Waals surface area contributed by atoms with Gasteiger partial charge >= 0.3 is 0 Å². The van der Waals surface area contributed by atoms with Crippen molar-refractivity contribution in [1.82, 2.24) is 4.98 Å². The van der Waals surface area contributed by atoms with Crippen LogP contribution in [-0.4, -0.2) is 18.6 Å². The summed E-state index contributed by atoms with van der Waals surface area (Å²) in [6.45, 7) is 2.76. The predicted molar refractivity (Wildman–Crippen MR) is 67.3 cm³/mol. The van der Waals surface area contributed by atoms with E-state index in [4.69, 9.17) is 5.73 Å². The van der Waals surface area contributed by atoms with Crippen LogP contribution in [0.2, 0.25) is 0 Å². The SMILES string of the molecule is CN=c1ccccc2c(CCN)c(C)[nH]c12. The number of hydrogen-bond donors (Lipinski definition) is 2. The molecule has 1 aromatic carbocycles. The smallest absolute Gasteiger partial charge is 0.0811 e. The molecule has 3 nitrogen and oxygen atoms in total. The van der Waals surface area contributed by atoms with Gasteiger partial charge in [0.05, 0.1) is 10.9 Å². The normalized spacial score (nSPS) is 12.3. The summed E-state index contributed by atoms with van der Waals surface area (Å²) in [6.07, 6.45) is 0.902. The highest BCUT2D eigenvalue weighted by Gasteiger charge is 2.07. The number of nitrogens with zero attached hydrogens (tertiary/aromatic N) is 1. The van der Waals surface area contributed by atoms with E-state index in [9.17, 15) is 0 Å². The molecule has 16 heavy (non-hydrogen) atoms. The summed E-state index contributed by atoms with van der Waals surface area (Å²) in [5, 5.41) is 2.22. The zero-order chi connectivity index (χ0) is 11.5. The van der Waals surface area contributed by atoms with Gasteiger partial charge in [-0.1, -0.05) is 18.2 Å². The molecule has 0 bridgehead atoms. The molecule has 0 aliphatic carbocycles. The summed E-state index contributed by atoms with van der Waals surface area (Å²) in [7, 11) is 1.81. The van der Waals surface area contributed by atoms with E-state index in [0.29, 0.717) is 6.54 Å². The van der Waals surface area contributed by atoms with Crippen LogP contribution in [-0.2, 0) is 6.42 Å². The molecular formula is C13H17N3. The number of aromatic nitrogens is 1. The molecule has 0 unspecified atom stereocenters. The van der Waals surface area contributed by atoms with Gasteiger partial charge in [-0.05, 0) is 31.5 Å². The number of nitrogens with two attached hydrogens (primary N) is 1. The number of H-pyrrole nitrogens is 1. The first-order chi connectivity index (χ1) is 7.77. The zero-order valence-electron chi connectivity index (χ0n) is 9.75. The zero-order valence-corrected chi connectivity index (χ0v) is 9.75. The Bertz CT molecular complexity index is 567. The van der Waals surface area contributed by atoms with Gasteiger partial charge in [-0.15, -0.1) is 0 Å². The first kappa shape index (κ1) is 10.9. The quantitative estimate of drug-likeness (QED) is 0.784. The Kier molecular flexibility index (Phi) is 3.06. The van der Waals surface area contributed by atoms with Gasteiger partial charge in [-0.3, -0.25) is 4.99 Å². The maximum Gasteiger partial charge on any atom is 0.0811 e. The summed E-state index contributed by atoms with van der Waals surface area (Å²) < 4.78 is 0. The van der Waals surface area contributed by atoms with Gasteiger partial charge in [0.2, 0.25) is 0 Å². The highest BCUT2D eigenvalue weighted by atomic mass is 14.8. The molecule has 1 heterocycles. The number of nitrogens with one attached hydrogen (secondary N) is 1. The van der Waals surface area contributed by atoms with Crippen LogP contribution in [0.25, 0.3) is 10.9 Å². The molecule has 84 valence electrons. The van der Waals surface area contributed by atoms with Crippen molar-refractivity contribution in [3.05, 3.63) is 40.9 Å². The van der Waals surface area contributed by atoms with E-state index in [-0.39, 0.29) is 0 Å². The van der Waals surface area contributed by atoms with Gasteiger partial charge in [-0.25, -0.2) is 0 Å². The van der Waals surface area contributed by atoms with Gasteiger partial charge in [-0.2, -0.15) is 0 Å². The minimum atomic E-state index is 0.672. The molecule has 0 spiro atoms. The fraction of sp³-hybridized carbons (Fsp3) is 0.308. The minimum absolute atomic E-state index is 0.672. The summed E-state index contributed by atoms with van der Waals surface area (Å²) >= 11 is 0. The number of fused-ring (bicyclic) bond motifs is 1. The molecule has 0 aliphatic heterocycles. The largest absolute Gasteiger partial charge is 0.357 e. The van der Waals surface area contributed by atoms with Crippen LogP contribution in [0, 0.1) is 6.92 Å². The first-order valence-corrected chi connectivity index (χ1v) is 5.51. The van der Waals surface area contributed by atoms with Crippen molar-refractivity contribution in [3.8, 4) is 0 Å². The molecule has 0 radical (unpaired) electrons. The van der Waals surface area contributed by atoms with Crippen LogP contribution in [0.1, 0.15) is 11.3 Å². The Morgan fingerprint density at radius 2 is 2.06 bits per heavy atom. The molecule has 0 saturated heterocycles. The lowest BCUT2D eigenvalue weighted by Crippen LogP contribution is -2.03. The molecule has 0 aliphatic rings. The van der Waals surface area contributed by atoms with Crippen LogP contribution in [0.3, 0.4) is 0 Å². The lowest BCUT2D eigenvalue weighted by molar-refractivity contribution is 0.963. The van der Waals surface area contributed by atoms with E-state index in [2.05, 4.69) is 23.0 Å². The Morgan fingerprint density at radius 1 is 1.31 bits per heavy atom. The van der Waals surface area contributed by atoms with Gasteiger partial charge in [0.25, 0.3) is 0 Å². The summed E-state index contributed by atoms with van der Waals surface area (Å²) in [6, 6.07) is 8.20. The van der Waals surface area contributed by atoms with Crippen LogP contribution in [0.15, 0.2) is 29.3 Å². The highest BCUT2D eigenvalue weighted by Crippen LogP contribution is 2.18. The van der Waals surface area contributed by atoms with Gasteiger partial charge in [0.15, 0.2) is 0 Å². The van der Waals surface area contributed by atoms with Gasteiger partial charge in [0, 0.05) is 18.1 Å². The standard InChI is InChI=1S/C13H17N3/c1-9-10(7-8-14)11-5-3-4-6-12(15-2)13(11)16-9/h3-6,16H,7-8,14H2,1-2H3. The van der Waals surface area contributed by atoms with Gasteiger partial charge < -0.3 is 10.7 Å². The topological polar surface area (TPSA) is 54.2 Å². The van der Waals surface area contributed by atoms with Crippen molar-refractivity contribution in [2.45, 2.75) is 13.3 Å². The van der Waals surface area contributed by atoms with Gasteiger partial charge in [0.1, 0.15) is 0 Å². The second-order valence-corrected chi connectivity index (χ2v) is 3.88. The third-order valence-corrected chi connectivity index (χ3v) is 2.88. The first-order valence-electron chi connectivity index (χ1n) is 5.51. The second kappa shape index (κ2) is 4.49. The van der Waals surface area contributed by atoms with Crippen LogP contribution in [0.5, 0.6) is 0 Å². The summed E-state index contributed by atoms with van der Waals surface area (Å²) in [4.78, 5) is 7.69. The average molecular weight is 215 g/mol. The molecule has 2 aromatic rings. The van der Waals surface area contributed by atoms with Crippen molar-refractivity contribution in [2.75, 3.05) is 13.6 Å².